The number of piperidine rings is 2. The smallest absolute Gasteiger partial charge is 0.108 e. The van der Waals surface area contributed by atoms with Gasteiger partial charge in [0.15, 0.2) is 0 Å². The molecule has 0 radical (unpaired) electrons. The number of aryl methyl sites for hydroxylation is 1. The largest absolute Gasteiger partial charge is 0.389 e. The van der Waals surface area contributed by atoms with Crippen molar-refractivity contribution in [1.82, 2.24) is 4.90 Å². The van der Waals surface area contributed by atoms with Crippen LogP contribution in [-0.2, 0) is 0 Å². The Balaban J connectivity index is 1.60. The number of hydrogen-bond acceptors (Lipinski definition) is 5. The maximum atomic E-state index is 9.85. The summed E-state index contributed by atoms with van der Waals surface area (Å²) in [7, 11) is 0. The lowest BCUT2D eigenvalue weighted by atomic mass is 9.94. The van der Waals surface area contributed by atoms with Gasteiger partial charge >= 0.3 is 0 Å². The van der Waals surface area contributed by atoms with E-state index in [4.69, 9.17) is 0 Å². The molecular weight excluding hydrogens is 292 g/mol. The molecule has 2 aliphatic rings. The minimum atomic E-state index is -1.01. The van der Waals surface area contributed by atoms with Crippen LogP contribution in [0.2, 0.25) is 0 Å². The van der Waals surface area contributed by atoms with Crippen molar-refractivity contribution in [3.05, 3.63) is 29.8 Å². The van der Waals surface area contributed by atoms with E-state index in [0.717, 1.165) is 19.6 Å². The minimum absolute atomic E-state index is 0.444. The molecule has 23 heavy (non-hydrogen) atoms. The zero-order valence-electron chi connectivity index (χ0n) is 13.8. The first-order valence-electron chi connectivity index (χ1n) is 8.61. The Morgan fingerprint density at radius 3 is 2.43 bits per heavy atom. The molecule has 1 aromatic carbocycles. The summed E-state index contributed by atoms with van der Waals surface area (Å²) in [5.74, 6) is 0.526. The van der Waals surface area contributed by atoms with Gasteiger partial charge in [0.05, 0.1) is 12.2 Å². The van der Waals surface area contributed by atoms with Crippen LogP contribution in [0.3, 0.4) is 0 Å². The molecule has 2 heterocycles. The molecule has 3 rings (SSSR count). The fraction of sp³-hybridized carbons (Fsp3) is 0.667. The number of hydrogen-bond donors (Lipinski definition) is 3. The van der Waals surface area contributed by atoms with Gasteiger partial charge in [-0.25, -0.2) is 0 Å². The molecule has 2 aliphatic heterocycles. The molecule has 0 saturated carbocycles. The van der Waals surface area contributed by atoms with Crippen LogP contribution in [0.5, 0.6) is 0 Å². The number of anilines is 1. The van der Waals surface area contributed by atoms with Gasteiger partial charge in [-0.3, -0.25) is 4.90 Å². The molecule has 5 heteroatoms. The maximum Gasteiger partial charge on any atom is 0.108 e. The van der Waals surface area contributed by atoms with E-state index in [9.17, 15) is 15.3 Å². The highest BCUT2D eigenvalue weighted by Gasteiger charge is 2.34. The van der Waals surface area contributed by atoms with E-state index < -0.39 is 18.3 Å². The van der Waals surface area contributed by atoms with Crippen molar-refractivity contribution in [1.29, 1.82) is 0 Å². The van der Waals surface area contributed by atoms with Crippen molar-refractivity contribution < 1.29 is 15.3 Å². The van der Waals surface area contributed by atoms with Crippen LogP contribution in [0.4, 0.5) is 5.69 Å². The van der Waals surface area contributed by atoms with E-state index in [2.05, 4.69) is 41.0 Å². The van der Waals surface area contributed by atoms with Gasteiger partial charge in [-0.2, -0.15) is 0 Å². The van der Waals surface area contributed by atoms with E-state index >= 15 is 0 Å². The molecule has 0 unspecified atom stereocenters. The van der Waals surface area contributed by atoms with Gasteiger partial charge in [0, 0.05) is 38.4 Å². The number of likely N-dealkylation sites (tertiary alicyclic amines) is 1. The number of nitrogens with zero attached hydrogens (tertiary/aromatic N) is 2. The third-order valence-corrected chi connectivity index (χ3v) is 5.17. The Labute approximate surface area is 138 Å². The molecule has 0 aromatic heterocycles. The van der Waals surface area contributed by atoms with Crippen molar-refractivity contribution in [3.8, 4) is 0 Å². The summed E-state index contributed by atoms with van der Waals surface area (Å²) in [4.78, 5) is 4.54. The van der Waals surface area contributed by atoms with Crippen LogP contribution in [0.15, 0.2) is 24.3 Å². The zero-order valence-corrected chi connectivity index (χ0v) is 13.8. The Morgan fingerprint density at radius 1 is 1.04 bits per heavy atom. The normalized spacial score (nSPS) is 33.0. The van der Waals surface area contributed by atoms with Crippen molar-refractivity contribution >= 4 is 5.69 Å². The lowest BCUT2D eigenvalue weighted by Crippen LogP contribution is -2.56. The first-order valence-corrected chi connectivity index (χ1v) is 8.61. The quantitative estimate of drug-likeness (QED) is 0.761. The van der Waals surface area contributed by atoms with Crippen LogP contribution in [0, 0.1) is 12.8 Å². The third kappa shape index (κ3) is 3.86. The Hall–Kier alpha value is -1.14. The first-order chi connectivity index (χ1) is 11.0. The SMILES string of the molecule is Cc1ccccc1N1CCC[C@H](CN2C[C@@H](O)[C@H](O)[C@@H](O)C2)C1. The van der Waals surface area contributed by atoms with E-state index in [0.29, 0.717) is 19.0 Å². The van der Waals surface area contributed by atoms with E-state index in [-0.39, 0.29) is 0 Å². The average molecular weight is 320 g/mol. The monoisotopic (exact) mass is 320 g/mol. The molecule has 2 saturated heterocycles. The number of β-amino-alcohol motifs (C(OH)–C–C–N with tert-alkyl or cyclic N) is 2. The van der Waals surface area contributed by atoms with E-state index in [1.54, 1.807) is 0 Å². The summed E-state index contributed by atoms with van der Waals surface area (Å²) >= 11 is 0. The third-order valence-electron chi connectivity index (χ3n) is 5.17. The van der Waals surface area contributed by atoms with Crippen molar-refractivity contribution in [2.24, 2.45) is 5.92 Å². The zero-order chi connectivity index (χ0) is 16.4. The predicted molar refractivity (Wildman–Crippen MR) is 90.6 cm³/mol. The molecule has 4 atom stereocenters. The summed E-state index contributed by atoms with van der Waals surface area (Å²) in [5.41, 5.74) is 2.62. The standard InChI is InChI=1S/C18H28N2O3/c1-13-5-2-3-7-15(13)20-8-4-6-14(10-20)9-19-11-16(21)18(23)17(22)12-19/h2-3,5,7,14,16-18,21-23H,4,6,8-12H2,1H3/t14-,16-,17+,18+/m1/s1. The summed E-state index contributed by atoms with van der Waals surface area (Å²) in [6.45, 7) is 6.00. The molecule has 0 amide bonds. The number of benzene rings is 1. The van der Waals surface area contributed by atoms with Crippen LogP contribution in [0.25, 0.3) is 0 Å². The number of aliphatic hydroxyl groups is 3. The van der Waals surface area contributed by atoms with Crippen molar-refractivity contribution in [2.45, 2.75) is 38.1 Å². The first kappa shape index (κ1) is 16.7. The lowest BCUT2D eigenvalue weighted by molar-refractivity contribution is -0.112. The average Bonchev–Trinajstić information content (AvgIpc) is 2.53. The fourth-order valence-corrected chi connectivity index (χ4v) is 3.94. The summed E-state index contributed by atoms with van der Waals surface area (Å²) in [5, 5.41) is 29.4. The fourth-order valence-electron chi connectivity index (χ4n) is 3.94. The van der Waals surface area contributed by atoms with Crippen LogP contribution in [0.1, 0.15) is 18.4 Å². The van der Waals surface area contributed by atoms with Gasteiger partial charge in [0.1, 0.15) is 6.10 Å². The summed E-state index contributed by atoms with van der Waals surface area (Å²) in [6, 6.07) is 8.49. The molecule has 0 bridgehead atoms. The van der Waals surface area contributed by atoms with Crippen LogP contribution >= 0.6 is 0 Å². The van der Waals surface area contributed by atoms with Crippen LogP contribution < -0.4 is 4.90 Å². The minimum Gasteiger partial charge on any atom is -0.389 e. The number of aliphatic hydroxyl groups excluding tert-OH is 3. The molecule has 5 nitrogen and oxygen atoms in total. The highest BCUT2D eigenvalue weighted by Crippen LogP contribution is 2.27. The predicted octanol–water partition coefficient (Wildman–Crippen LogP) is 0.610. The molecule has 1 aromatic rings. The van der Waals surface area contributed by atoms with Gasteiger partial charge < -0.3 is 20.2 Å². The molecule has 3 N–H and O–H groups in total. The molecule has 128 valence electrons. The second-order valence-electron chi connectivity index (χ2n) is 7.08. The topological polar surface area (TPSA) is 67.2 Å². The van der Waals surface area contributed by atoms with Crippen molar-refractivity contribution in [2.75, 3.05) is 37.6 Å². The second-order valence-corrected chi connectivity index (χ2v) is 7.08. The molecular formula is C18H28N2O3. The van der Waals surface area contributed by atoms with Crippen molar-refractivity contribution in [3.63, 3.8) is 0 Å². The molecule has 2 fully saturated rings. The molecule has 0 aliphatic carbocycles. The maximum absolute atomic E-state index is 9.85. The van der Waals surface area contributed by atoms with Gasteiger partial charge in [-0.15, -0.1) is 0 Å². The second kappa shape index (κ2) is 7.18. The highest BCUT2D eigenvalue weighted by atomic mass is 16.4. The number of rotatable bonds is 3. The lowest BCUT2D eigenvalue weighted by Gasteiger charge is -2.41. The molecule has 0 spiro atoms. The Kier molecular flexibility index (Phi) is 5.21. The van der Waals surface area contributed by atoms with E-state index in [1.807, 2.05) is 0 Å². The van der Waals surface area contributed by atoms with Gasteiger partial charge in [-0.05, 0) is 37.3 Å². The van der Waals surface area contributed by atoms with E-state index in [1.165, 1.54) is 24.1 Å². The van der Waals surface area contributed by atoms with Gasteiger partial charge in [0.25, 0.3) is 0 Å². The summed E-state index contributed by atoms with van der Waals surface area (Å²) in [6.07, 6.45) is -0.375. The van der Waals surface area contributed by atoms with Gasteiger partial charge in [-0.1, -0.05) is 18.2 Å². The van der Waals surface area contributed by atoms with Gasteiger partial charge in [0.2, 0.25) is 0 Å². The van der Waals surface area contributed by atoms with Crippen LogP contribution in [-0.4, -0.2) is 71.3 Å². The number of para-hydroxylation sites is 1. The Morgan fingerprint density at radius 2 is 1.74 bits per heavy atom. The highest BCUT2D eigenvalue weighted by molar-refractivity contribution is 5.53. The Bertz CT molecular complexity index is 513. The summed E-state index contributed by atoms with van der Waals surface area (Å²) < 4.78 is 0.